The number of methoxy groups -OCH3 is 3. The summed E-state index contributed by atoms with van der Waals surface area (Å²) in [5.41, 5.74) is -0.0153. The number of phenols is 2. The lowest BCUT2D eigenvalue weighted by molar-refractivity contribution is 0.324. The van der Waals surface area contributed by atoms with Crippen molar-refractivity contribution in [1.29, 1.82) is 0 Å². The fourth-order valence-corrected chi connectivity index (χ4v) is 2.60. The van der Waals surface area contributed by atoms with Crippen molar-refractivity contribution < 1.29 is 28.8 Å². The van der Waals surface area contributed by atoms with Crippen molar-refractivity contribution in [3.05, 3.63) is 40.8 Å². The molecule has 0 amide bonds. The van der Waals surface area contributed by atoms with E-state index >= 15 is 0 Å². The van der Waals surface area contributed by atoms with Crippen LogP contribution in [0.15, 0.2) is 39.5 Å². The van der Waals surface area contributed by atoms with Crippen LogP contribution in [0.4, 0.5) is 0 Å². The van der Waals surface area contributed by atoms with Gasteiger partial charge in [-0.25, -0.2) is 4.79 Å². The zero-order valence-corrected chi connectivity index (χ0v) is 13.8. The third-order valence-corrected chi connectivity index (χ3v) is 3.83. The Hall–Kier alpha value is -3.35. The Balaban J connectivity index is 2.28. The normalized spacial score (nSPS) is 10.7. The van der Waals surface area contributed by atoms with E-state index in [9.17, 15) is 15.0 Å². The highest BCUT2D eigenvalue weighted by molar-refractivity contribution is 5.88. The lowest BCUT2D eigenvalue weighted by Gasteiger charge is -2.14. The summed E-state index contributed by atoms with van der Waals surface area (Å²) in [7, 11) is 4.44. The molecular weight excluding hydrogens is 328 g/mol. The highest BCUT2D eigenvalue weighted by Crippen LogP contribution is 2.41. The van der Waals surface area contributed by atoms with Crippen LogP contribution in [0.25, 0.3) is 22.1 Å². The zero-order chi connectivity index (χ0) is 18.1. The third-order valence-electron chi connectivity index (χ3n) is 3.83. The Bertz CT molecular complexity index is 979. The van der Waals surface area contributed by atoms with Crippen LogP contribution in [0.3, 0.4) is 0 Å². The molecule has 7 heteroatoms. The minimum atomic E-state index is -0.678. The lowest BCUT2D eigenvalue weighted by Crippen LogP contribution is -2.04. The summed E-state index contributed by atoms with van der Waals surface area (Å²) in [4.78, 5) is 12.4. The molecule has 1 aromatic heterocycles. The molecule has 0 atom stereocenters. The molecule has 0 saturated carbocycles. The summed E-state index contributed by atoms with van der Waals surface area (Å²) in [5, 5.41) is 19.8. The monoisotopic (exact) mass is 344 g/mol. The second-order valence-electron chi connectivity index (χ2n) is 5.21. The molecule has 2 aromatic carbocycles. The SMILES string of the molecule is COc1cc(-c2cc3ccc(O)c(O)c3oc2=O)cc(OC)c1OC. The molecule has 0 spiro atoms. The van der Waals surface area contributed by atoms with Crippen molar-refractivity contribution in [2.24, 2.45) is 0 Å². The van der Waals surface area contributed by atoms with E-state index in [4.69, 9.17) is 18.6 Å². The second kappa shape index (κ2) is 6.27. The minimum absolute atomic E-state index is 0.0822. The standard InChI is InChI=1S/C18H16O7/c1-22-13-7-10(8-14(23-2)17(13)24-3)11-6-9-4-5-12(19)15(20)16(9)25-18(11)21/h4-8,19-20H,1-3H3. The van der Waals surface area contributed by atoms with Gasteiger partial charge < -0.3 is 28.8 Å². The van der Waals surface area contributed by atoms with Gasteiger partial charge in [-0.1, -0.05) is 0 Å². The summed E-state index contributed by atoms with van der Waals surface area (Å²) >= 11 is 0. The number of phenolic OH excluding ortho intramolecular Hbond substituents is 2. The van der Waals surface area contributed by atoms with Crippen molar-refractivity contribution in [1.82, 2.24) is 0 Å². The Kier molecular flexibility index (Phi) is 4.14. The average molecular weight is 344 g/mol. The van der Waals surface area contributed by atoms with Crippen LogP contribution in [0.2, 0.25) is 0 Å². The first kappa shape index (κ1) is 16.5. The van der Waals surface area contributed by atoms with E-state index in [0.29, 0.717) is 28.2 Å². The van der Waals surface area contributed by atoms with Gasteiger partial charge in [0.2, 0.25) is 11.5 Å². The van der Waals surface area contributed by atoms with E-state index in [1.165, 1.54) is 33.5 Å². The molecule has 7 nitrogen and oxygen atoms in total. The van der Waals surface area contributed by atoms with Gasteiger partial charge in [0, 0.05) is 5.39 Å². The lowest BCUT2D eigenvalue weighted by atomic mass is 10.0. The number of fused-ring (bicyclic) bond motifs is 1. The van der Waals surface area contributed by atoms with Crippen LogP contribution in [-0.2, 0) is 0 Å². The van der Waals surface area contributed by atoms with E-state index in [2.05, 4.69) is 0 Å². The van der Waals surface area contributed by atoms with Crippen molar-refractivity contribution in [2.75, 3.05) is 21.3 Å². The van der Waals surface area contributed by atoms with Crippen molar-refractivity contribution in [3.8, 4) is 39.9 Å². The molecule has 0 aliphatic rings. The largest absolute Gasteiger partial charge is 0.504 e. The van der Waals surface area contributed by atoms with E-state index in [1.807, 2.05) is 0 Å². The molecule has 2 N–H and O–H groups in total. The average Bonchev–Trinajstić information content (AvgIpc) is 2.63. The molecule has 0 unspecified atom stereocenters. The summed E-state index contributed by atoms with van der Waals surface area (Å²) in [5.74, 6) is 0.346. The highest BCUT2D eigenvalue weighted by atomic mass is 16.5. The van der Waals surface area contributed by atoms with Gasteiger partial charge in [-0.2, -0.15) is 0 Å². The predicted octanol–water partition coefficient (Wildman–Crippen LogP) is 2.90. The van der Waals surface area contributed by atoms with Gasteiger partial charge in [0.25, 0.3) is 0 Å². The van der Waals surface area contributed by atoms with Crippen LogP contribution in [-0.4, -0.2) is 31.5 Å². The molecule has 0 fully saturated rings. The Morgan fingerprint density at radius 3 is 2.12 bits per heavy atom. The third kappa shape index (κ3) is 2.69. The van der Waals surface area contributed by atoms with E-state index in [-0.39, 0.29) is 16.9 Å². The van der Waals surface area contributed by atoms with E-state index in [1.54, 1.807) is 18.2 Å². The summed E-state index contributed by atoms with van der Waals surface area (Å²) in [6.45, 7) is 0. The van der Waals surface area contributed by atoms with Gasteiger partial charge >= 0.3 is 5.63 Å². The van der Waals surface area contributed by atoms with Gasteiger partial charge in [0.05, 0.1) is 26.9 Å². The summed E-state index contributed by atoms with van der Waals surface area (Å²) in [6, 6.07) is 7.66. The molecular formula is C18H16O7. The van der Waals surface area contributed by atoms with Crippen LogP contribution in [0, 0.1) is 0 Å². The highest BCUT2D eigenvalue weighted by Gasteiger charge is 2.18. The zero-order valence-electron chi connectivity index (χ0n) is 13.8. The number of hydrogen-bond acceptors (Lipinski definition) is 7. The van der Waals surface area contributed by atoms with Crippen molar-refractivity contribution in [3.63, 3.8) is 0 Å². The number of aromatic hydroxyl groups is 2. The first-order chi connectivity index (χ1) is 12.0. The maximum Gasteiger partial charge on any atom is 0.344 e. The Labute approximate surface area is 142 Å². The van der Waals surface area contributed by atoms with Gasteiger partial charge in [0.15, 0.2) is 22.8 Å². The Morgan fingerprint density at radius 2 is 1.56 bits per heavy atom. The fraction of sp³-hybridized carbons (Fsp3) is 0.167. The van der Waals surface area contributed by atoms with Gasteiger partial charge in [0.1, 0.15) is 0 Å². The number of ether oxygens (including phenoxy) is 3. The first-order valence-electron chi connectivity index (χ1n) is 7.29. The molecule has 0 aliphatic heterocycles. The predicted molar refractivity (Wildman–Crippen MR) is 90.9 cm³/mol. The van der Waals surface area contributed by atoms with Crippen LogP contribution < -0.4 is 19.8 Å². The number of hydrogen-bond donors (Lipinski definition) is 2. The summed E-state index contributed by atoms with van der Waals surface area (Å²) < 4.78 is 21.0. The topological polar surface area (TPSA) is 98.4 Å². The van der Waals surface area contributed by atoms with Crippen LogP contribution in [0.1, 0.15) is 0 Å². The molecule has 3 rings (SSSR count). The second-order valence-corrected chi connectivity index (χ2v) is 5.21. The quantitative estimate of drug-likeness (QED) is 0.554. The molecule has 25 heavy (non-hydrogen) atoms. The fourth-order valence-electron chi connectivity index (χ4n) is 2.60. The van der Waals surface area contributed by atoms with Gasteiger partial charge in [-0.05, 0) is 35.9 Å². The first-order valence-corrected chi connectivity index (χ1v) is 7.29. The Morgan fingerprint density at radius 1 is 0.920 bits per heavy atom. The molecule has 0 aliphatic carbocycles. The van der Waals surface area contributed by atoms with Crippen molar-refractivity contribution in [2.45, 2.75) is 0 Å². The summed E-state index contributed by atoms with van der Waals surface area (Å²) in [6.07, 6.45) is 0. The molecule has 3 aromatic rings. The van der Waals surface area contributed by atoms with Crippen LogP contribution in [0.5, 0.6) is 28.7 Å². The van der Waals surface area contributed by atoms with E-state index < -0.39 is 11.4 Å². The van der Waals surface area contributed by atoms with Crippen molar-refractivity contribution >= 4 is 11.0 Å². The van der Waals surface area contributed by atoms with E-state index in [0.717, 1.165) is 0 Å². The van der Waals surface area contributed by atoms with Gasteiger partial charge in [-0.15, -0.1) is 0 Å². The molecule has 130 valence electrons. The minimum Gasteiger partial charge on any atom is -0.504 e. The molecule has 0 saturated heterocycles. The molecule has 0 radical (unpaired) electrons. The smallest absolute Gasteiger partial charge is 0.344 e. The molecule has 0 bridgehead atoms. The van der Waals surface area contributed by atoms with Crippen LogP contribution >= 0.6 is 0 Å². The molecule has 1 heterocycles. The number of benzene rings is 2. The maximum atomic E-state index is 12.4. The number of rotatable bonds is 4. The van der Waals surface area contributed by atoms with Gasteiger partial charge in [-0.3, -0.25) is 0 Å². The maximum absolute atomic E-state index is 12.4.